The van der Waals surface area contributed by atoms with Gasteiger partial charge in [0, 0.05) is 24.2 Å². The van der Waals surface area contributed by atoms with E-state index in [1.807, 2.05) is 25.1 Å². The molecular weight excluding hydrogens is 337 g/mol. The van der Waals surface area contributed by atoms with E-state index >= 15 is 0 Å². The first-order chi connectivity index (χ1) is 10.5. The minimum atomic E-state index is -0.417. The number of ether oxygens (including phenoxy) is 1. The Balaban J connectivity index is 0.00000264. The zero-order valence-electron chi connectivity index (χ0n) is 13.5. The topological polar surface area (TPSA) is 67.6 Å². The van der Waals surface area contributed by atoms with Crippen molar-refractivity contribution in [1.29, 1.82) is 0 Å². The molecule has 1 aliphatic rings. The highest BCUT2D eigenvalue weighted by atomic mass is 35.5. The first-order valence-corrected chi connectivity index (χ1v) is 8.07. The number of nitrogens with zero attached hydrogens (tertiary/aromatic N) is 1. The molecule has 0 aliphatic carbocycles. The zero-order valence-corrected chi connectivity index (χ0v) is 15.1. The van der Waals surface area contributed by atoms with Crippen LogP contribution in [0.1, 0.15) is 26.2 Å². The van der Waals surface area contributed by atoms with Crippen LogP contribution in [0.4, 0.5) is 5.69 Å². The number of amides is 1. The standard InChI is InChI=1S/C16H24ClN3O2.ClH/c1-3-4-13(18)16(21)19-12-7-8-20(10-12)14-9-11(17)5-6-15(14)22-2;/h5-6,9,12-13H,3-4,7-8,10,18H2,1-2H3,(H,19,21);1H. The fourth-order valence-corrected chi connectivity index (χ4v) is 2.92. The number of anilines is 1. The van der Waals surface area contributed by atoms with Crippen LogP contribution >= 0.6 is 24.0 Å². The summed E-state index contributed by atoms with van der Waals surface area (Å²) in [6.07, 6.45) is 2.51. The Morgan fingerprint density at radius 3 is 2.96 bits per heavy atom. The predicted molar refractivity (Wildman–Crippen MR) is 96.9 cm³/mol. The van der Waals surface area contributed by atoms with E-state index < -0.39 is 6.04 Å². The molecule has 1 aromatic rings. The molecule has 0 aromatic heterocycles. The summed E-state index contributed by atoms with van der Waals surface area (Å²) in [5.74, 6) is 0.728. The van der Waals surface area contributed by atoms with Crippen LogP contribution in [-0.2, 0) is 4.79 Å². The molecule has 0 saturated carbocycles. The molecule has 2 atom stereocenters. The van der Waals surface area contributed by atoms with Gasteiger partial charge in [0.25, 0.3) is 0 Å². The summed E-state index contributed by atoms with van der Waals surface area (Å²) >= 11 is 6.08. The van der Waals surface area contributed by atoms with Gasteiger partial charge in [0.05, 0.1) is 18.8 Å². The summed E-state index contributed by atoms with van der Waals surface area (Å²) in [5, 5.41) is 3.71. The van der Waals surface area contributed by atoms with Gasteiger partial charge in [-0.3, -0.25) is 4.79 Å². The van der Waals surface area contributed by atoms with Gasteiger partial charge in [-0.1, -0.05) is 24.9 Å². The summed E-state index contributed by atoms with van der Waals surface area (Å²) < 4.78 is 5.39. The number of nitrogens with two attached hydrogens (primary N) is 1. The normalized spacial score (nSPS) is 18.3. The van der Waals surface area contributed by atoms with Gasteiger partial charge in [-0.2, -0.15) is 0 Å². The van der Waals surface area contributed by atoms with Crippen molar-refractivity contribution in [2.24, 2.45) is 5.73 Å². The number of hydrogen-bond acceptors (Lipinski definition) is 4. The Bertz CT molecular complexity index is 528. The number of carbonyl (C=O) groups excluding carboxylic acids is 1. The summed E-state index contributed by atoms with van der Waals surface area (Å²) in [6, 6.07) is 5.26. The second-order valence-corrected chi connectivity index (χ2v) is 6.09. The molecule has 5 nitrogen and oxygen atoms in total. The van der Waals surface area contributed by atoms with E-state index in [0.717, 1.165) is 37.4 Å². The lowest BCUT2D eigenvalue weighted by Gasteiger charge is -2.22. The fourth-order valence-electron chi connectivity index (χ4n) is 2.76. The highest BCUT2D eigenvalue weighted by molar-refractivity contribution is 6.30. The van der Waals surface area contributed by atoms with Crippen LogP contribution in [-0.4, -0.2) is 38.2 Å². The van der Waals surface area contributed by atoms with E-state index in [-0.39, 0.29) is 24.4 Å². The van der Waals surface area contributed by atoms with Crippen molar-refractivity contribution in [1.82, 2.24) is 5.32 Å². The van der Waals surface area contributed by atoms with Crippen molar-refractivity contribution in [3.8, 4) is 5.75 Å². The smallest absolute Gasteiger partial charge is 0.237 e. The third-order valence-corrected chi connectivity index (χ3v) is 4.19. The average Bonchev–Trinajstić information content (AvgIpc) is 2.95. The predicted octanol–water partition coefficient (Wildman–Crippen LogP) is 2.59. The fraction of sp³-hybridized carbons (Fsp3) is 0.562. The van der Waals surface area contributed by atoms with E-state index in [2.05, 4.69) is 10.2 Å². The number of benzene rings is 1. The average molecular weight is 362 g/mol. The lowest BCUT2D eigenvalue weighted by Crippen LogP contribution is -2.46. The van der Waals surface area contributed by atoms with Crippen LogP contribution in [0.15, 0.2) is 18.2 Å². The van der Waals surface area contributed by atoms with Crippen molar-refractivity contribution in [3.63, 3.8) is 0 Å². The minimum absolute atomic E-state index is 0. The lowest BCUT2D eigenvalue weighted by atomic mass is 10.1. The van der Waals surface area contributed by atoms with Gasteiger partial charge in [0.1, 0.15) is 5.75 Å². The van der Waals surface area contributed by atoms with Gasteiger partial charge in [-0.25, -0.2) is 0 Å². The van der Waals surface area contributed by atoms with Crippen molar-refractivity contribution >= 4 is 35.6 Å². The maximum Gasteiger partial charge on any atom is 0.237 e. The van der Waals surface area contributed by atoms with Crippen molar-refractivity contribution < 1.29 is 9.53 Å². The number of halogens is 2. The Kier molecular flexibility index (Phi) is 7.95. The number of nitrogens with one attached hydrogen (secondary N) is 1. The van der Waals surface area contributed by atoms with E-state index in [0.29, 0.717) is 11.4 Å². The third-order valence-electron chi connectivity index (χ3n) is 3.95. The molecule has 130 valence electrons. The molecule has 2 unspecified atom stereocenters. The summed E-state index contributed by atoms with van der Waals surface area (Å²) in [4.78, 5) is 14.2. The van der Waals surface area contributed by atoms with Crippen LogP contribution in [0.2, 0.25) is 5.02 Å². The number of rotatable bonds is 6. The summed E-state index contributed by atoms with van der Waals surface area (Å²) in [5.41, 5.74) is 6.82. The maximum atomic E-state index is 12.0. The van der Waals surface area contributed by atoms with E-state index in [9.17, 15) is 4.79 Å². The van der Waals surface area contributed by atoms with Crippen LogP contribution in [0.25, 0.3) is 0 Å². The Labute approximate surface area is 148 Å². The molecule has 1 heterocycles. The van der Waals surface area contributed by atoms with Gasteiger partial charge in [0.15, 0.2) is 0 Å². The second kappa shape index (κ2) is 9.21. The van der Waals surface area contributed by atoms with Crippen LogP contribution in [0, 0.1) is 0 Å². The molecule has 3 N–H and O–H groups in total. The van der Waals surface area contributed by atoms with Crippen molar-refractivity contribution in [3.05, 3.63) is 23.2 Å². The van der Waals surface area contributed by atoms with Gasteiger partial charge in [-0.05, 0) is 31.0 Å². The first kappa shape index (κ1) is 19.9. The molecule has 1 saturated heterocycles. The number of methoxy groups -OCH3 is 1. The first-order valence-electron chi connectivity index (χ1n) is 7.69. The monoisotopic (exact) mass is 361 g/mol. The quantitative estimate of drug-likeness (QED) is 0.816. The van der Waals surface area contributed by atoms with E-state index in [1.165, 1.54) is 0 Å². The largest absolute Gasteiger partial charge is 0.495 e. The molecule has 0 bridgehead atoms. The molecule has 2 rings (SSSR count). The van der Waals surface area contributed by atoms with Crippen molar-refractivity contribution in [2.45, 2.75) is 38.3 Å². The van der Waals surface area contributed by atoms with Gasteiger partial charge in [-0.15, -0.1) is 12.4 Å². The Hall–Kier alpha value is -1.17. The van der Waals surface area contributed by atoms with Crippen LogP contribution in [0.5, 0.6) is 5.75 Å². The Morgan fingerprint density at radius 1 is 1.57 bits per heavy atom. The Morgan fingerprint density at radius 2 is 2.30 bits per heavy atom. The van der Waals surface area contributed by atoms with E-state index in [4.69, 9.17) is 22.1 Å². The third kappa shape index (κ3) is 5.16. The molecule has 1 aliphatic heterocycles. The molecule has 7 heteroatoms. The second-order valence-electron chi connectivity index (χ2n) is 5.65. The minimum Gasteiger partial charge on any atom is -0.495 e. The van der Waals surface area contributed by atoms with Gasteiger partial charge >= 0.3 is 0 Å². The zero-order chi connectivity index (χ0) is 16.1. The highest BCUT2D eigenvalue weighted by Crippen LogP contribution is 2.33. The molecule has 0 spiro atoms. The van der Waals surface area contributed by atoms with Crippen LogP contribution < -0.4 is 20.7 Å². The summed E-state index contributed by atoms with van der Waals surface area (Å²) in [7, 11) is 1.64. The van der Waals surface area contributed by atoms with Gasteiger partial charge in [0.2, 0.25) is 5.91 Å². The molecule has 1 amide bonds. The van der Waals surface area contributed by atoms with Gasteiger partial charge < -0.3 is 20.7 Å². The lowest BCUT2D eigenvalue weighted by molar-refractivity contribution is -0.123. The van der Waals surface area contributed by atoms with Crippen LogP contribution in [0.3, 0.4) is 0 Å². The maximum absolute atomic E-state index is 12.0. The van der Waals surface area contributed by atoms with E-state index in [1.54, 1.807) is 7.11 Å². The number of carbonyl (C=O) groups is 1. The molecular formula is C16H25Cl2N3O2. The van der Waals surface area contributed by atoms with Crippen molar-refractivity contribution in [2.75, 3.05) is 25.1 Å². The molecule has 1 aromatic carbocycles. The molecule has 23 heavy (non-hydrogen) atoms. The SMILES string of the molecule is CCCC(N)C(=O)NC1CCN(c2cc(Cl)ccc2OC)C1.Cl. The molecule has 0 radical (unpaired) electrons. The number of hydrogen-bond donors (Lipinski definition) is 2. The highest BCUT2D eigenvalue weighted by Gasteiger charge is 2.27. The molecule has 1 fully saturated rings. The summed E-state index contributed by atoms with van der Waals surface area (Å²) in [6.45, 7) is 3.61.